The molecule has 0 saturated carbocycles. The zero-order valence-electron chi connectivity index (χ0n) is 13.9. The lowest BCUT2D eigenvalue weighted by molar-refractivity contribution is -0.111. The van der Waals surface area contributed by atoms with Gasteiger partial charge in [-0.2, -0.15) is 0 Å². The summed E-state index contributed by atoms with van der Waals surface area (Å²) < 4.78 is 11.0. The van der Waals surface area contributed by atoms with Gasteiger partial charge in [-0.3, -0.25) is 4.79 Å². The van der Waals surface area contributed by atoms with Gasteiger partial charge in [0.2, 0.25) is 5.91 Å². The van der Waals surface area contributed by atoms with Crippen LogP contribution in [0.2, 0.25) is 5.02 Å². The molecular weight excluding hydrogens is 326 g/mol. The number of carbonyl (C=O) groups is 1. The van der Waals surface area contributed by atoms with Crippen molar-refractivity contribution in [2.45, 2.75) is 20.0 Å². The molecule has 5 heteroatoms. The molecule has 2 aromatic carbocycles. The van der Waals surface area contributed by atoms with E-state index in [0.29, 0.717) is 22.2 Å². The highest BCUT2D eigenvalue weighted by atomic mass is 35.5. The summed E-state index contributed by atoms with van der Waals surface area (Å²) in [6, 6.07) is 12.6. The second-order valence-corrected chi connectivity index (χ2v) is 5.79. The number of halogens is 1. The minimum Gasteiger partial charge on any atom is -0.493 e. The Labute approximate surface area is 147 Å². The molecule has 0 aliphatic rings. The molecule has 1 N–H and O–H groups in total. The Bertz CT molecular complexity index is 741. The number of benzene rings is 2. The summed E-state index contributed by atoms with van der Waals surface area (Å²) in [5.74, 6) is 1.03. The molecule has 1 amide bonds. The SMILES string of the molecule is COc1cc(/C=C/C(=O)Nc2ccccc2Cl)ccc1OC(C)C. The number of hydrogen-bond donors (Lipinski definition) is 1. The molecular formula is C19H20ClNO3. The molecule has 0 atom stereocenters. The van der Waals surface area contributed by atoms with Gasteiger partial charge in [0.15, 0.2) is 11.5 Å². The van der Waals surface area contributed by atoms with Crippen LogP contribution in [-0.2, 0) is 4.79 Å². The van der Waals surface area contributed by atoms with Gasteiger partial charge in [0, 0.05) is 6.08 Å². The molecule has 0 radical (unpaired) electrons. The first-order valence-corrected chi connectivity index (χ1v) is 7.95. The molecule has 0 spiro atoms. The van der Waals surface area contributed by atoms with Crippen molar-refractivity contribution in [3.05, 3.63) is 59.1 Å². The summed E-state index contributed by atoms with van der Waals surface area (Å²) in [4.78, 5) is 12.0. The van der Waals surface area contributed by atoms with Crippen LogP contribution in [0.1, 0.15) is 19.4 Å². The normalized spacial score (nSPS) is 10.9. The summed E-state index contributed by atoms with van der Waals surface area (Å²) in [6.45, 7) is 3.90. The third-order valence-electron chi connectivity index (χ3n) is 3.11. The third-order valence-corrected chi connectivity index (χ3v) is 3.44. The highest BCUT2D eigenvalue weighted by Gasteiger charge is 2.07. The van der Waals surface area contributed by atoms with Crippen LogP contribution in [0.3, 0.4) is 0 Å². The first-order chi connectivity index (χ1) is 11.5. The molecule has 0 unspecified atom stereocenters. The lowest BCUT2D eigenvalue weighted by atomic mass is 10.2. The fraction of sp³-hybridized carbons (Fsp3) is 0.211. The molecule has 0 saturated heterocycles. The maximum Gasteiger partial charge on any atom is 0.248 e. The summed E-state index contributed by atoms with van der Waals surface area (Å²) in [5.41, 5.74) is 1.41. The molecule has 0 aliphatic heterocycles. The fourth-order valence-corrected chi connectivity index (χ4v) is 2.23. The lowest BCUT2D eigenvalue weighted by Crippen LogP contribution is -2.08. The third kappa shape index (κ3) is 5.03. The minimum atomic E-state index is -0.260. The predicted octanol–water partition coefficient (Wildman–Crippen LogP) is 4.79. The highest BCUT2D eigenvalue weighted by Crippen LogP contribution is 2.29. The Morgan fingerprint density at radius 2 is 1.92 bits per heavy atom. The van der Waals surface area contributed by atoms with E-state index in [1.165, 1.54) is 6.08 Å². The number of ether oxygens (including phenoxy) is 2. The van der Waals surface area contributed by atoms with Crippen LogP contribution in [0, 0.1) is 0 Å². The number of amides is 1. The average Bonchev–Trinajstić information content (AvgIpc) is 2.55. The number of rotatable bonds is 6. The number of nitrogens with one attached hydrogen (secondary N) is 1. The van der Waals surface area contributed by atoms with E-state index >= 15 is 0 Å². The van der Waals surface area contributed by atoms with Crippen molar-refractivity contribution in [2.75, 3.05) is 12.4 Å². The molecule has 0 aliphatic carbocycles. The molecule has 24 heavy (non-hydrogen) atoms. The summed E-state index contributed by atoms with van der Waals surface area (Å²) in [7, 11) is 1.58. The topological polar surface area (TPSA) is 47.6 Å². The molecule has 4 nitrogen and oxygen atoms in total. The van der Waals surface area contributed by atoms with Gasteiger partial charge >= 0.3 is 0 Å². The second kappa shape index (κ2) is 8.41. The van der Waals surface area contributed by atoms with Crippen LogP contribution in [0.25, 0.3) is 6.08 Å². The number of methoxy groups -OCH3 is 1. The summed E-state index contributed by atoms with van der Waals surface area (Å²) in [6.07, 6.45) is 3.20. The van der Waals surface area contributed by atoms with Crippen LogP contribution in [0.5, 0.6) is 11.5 Å². The van der Waals surface area contributed by atoms with Crippen LogP contribution >= 0.6 is 11.6 Å². The first kappa shape index (κ1) is 17.9. The highest BCUT2D eigenvalue weighted by molar-refractivity contribution is 6.33. The predicted molar refractivity (Wildman–Crippen MR) is 97.9 cm³/mol. The standard InChI is InChI=1S/C19H20ClNO3/c1-13(2)24-17-10-8-14(12-18(17)23-3)9-11-19(22)21-16-7-5-4-6-15(16)20/h4-13H,1-3H3,(H,21,22)/b11-9+. The van der Waals surface area contributed by atoms with Gasteiger partial charge in [-0.15, -0.1) is 0 Å². The van der Waals surface area contributed by atoms with Crippen LogP contribution in [0.4, 0.5) is 5.69 Å². The maximum absolute atomic E-state index is 12.0. The van der Waals surface area contributed by atoms with Gasteiger partial charge in [-0.05, 0) is 49.8 Å². The van der Waals surface area contributed by atoms with Gasteiger partial charge in [0.25, 0.3) is 0 Å². The van der Waals surface area contributed by atoms with Gasteiger partial charge in [0.05, 0.1) is 23.9 Å². The zero-order valence-corrected chi connectivity index (χ0v) is 14.6. The zero-order chi connectivity index (χ0) is 17.5. The van der Waals surface area contributed by atoms with Crippen molar-refractivity contribution in [3.63, 3.8) is 0 Å². The smallest absolute Gasteiger partial charge is 0.248 e. The van der Waals surface area contributed by atoms with Crippen molar-refractivity contribution in [1.29, 1.82) is 0 Å². The molecule has 0 bridgehead atoms. The fourth-order valence-electron chi connectivity index (χ4n) is 2.05. The van der Waals surface area contributed by atoms with Crippen molar-refractivity contribution < 1.29 is 14.3 Å². The van der Waals surface area contributed by atoms with E-state index in [9.17, 15) is 4.79 Å². The number of hydrogen-bond acceptors (Lipinski definition) is 3. The van der Waals surface area contributed by atoms with Crippen LogP contribution in [-0.4, -0.2) is 19.1 Å². The Morgan fingerprint density at radius 3 is 2.58 bits per heavy atom. The quantitative estimate of drug-likeness (QED) is 0.766. The molecule has 0 aromatic heterocycles. The number of para-hydroxylation sites is 1. The Balaban J connectivity index is 2.08. The van der Waals surface area contributed by atoms with Crippen molar-refractivity contribution in [1.82, 2.24) is 0 Å². The molecule has 0 heterocycles. The van der Waals surface area contributed by atoms with Gasteiger partial charge in [0.1, 0.15) is 0 Å². The van der Waals surface area contributed by atoms with E-state index in [2.05, 4.69) is 5.32 Å². The van der Waals surface area contributed by atoms with Gasteiger partial charge in [-0.1, -0.05) is 29.8 Å². The van der Waals surface area contributed by atoms with E-state index in [4.69, 9.17) is 21.1 Å². The van der Waals surface area contributed by atoms with Gasteiger partial charge in [-0.25, -0.2) is 0 Å². The summed E-state index contributed by atoms with van der Waals surface area (Å²) >= 11 is 6.01. The monoisotopic (exact) mass is 345 g/mol. The Morgan fingerprint density at radius 1 is 1.17 bits per heavy atom. The number of anilines is 1. The molecule has 2 rings (SSSR count). The van der Waals surface area contributed by atoms with E-state index in [1.807, 2.05) is 38.1 Å². The van der Waals surface area contributed by atoms with Crippen molar-refractivity contribution in [2.24, 2.45) is 0 Å². The van der Waals surface area contributed by atoms with E-state index in [0.717, 1.165) is 5.56 Å². The molecule has 2 aromatic rings. The summed E-state index contributed by atoms with van der Waals surface area (Å²) in [5, 5.41) is 3.23. The van der Waals surface area contributed by atoms with Crippen molar-refractivity contribution in [3.8, 4) is 11.5 Å². The van der Waals surface area contributed by atoms with Crippen LogP contribution in [0.15, 0.2) is 48.5 Å². The van der Waals surface area contributed by atoms with Crippen LogP contribution < -0.4 is 14.8 Å². The van der Waals surface area contributed by atoms with E-state index in [-0.39, 0.29) is 12.0 Å². The van der Waals surface area contributed by atoms with E-state index < -0.39 is 0 Å². The Kier molecular flexibility index (Phi) is 6.27. The number of carbonyl (C=O) groups excluding carboxylic acids is 1. The first-order valence-electron chi connectivity index (χ1n) is 7.58. The van der Waals surface area contributed by atoms with Crippen molar-refractivity contribution >= 4 is 29.3 Å². The Hall–Kier alpha value is -2.46. The average molecular weight is 346 g/mol. The second-order valence-electron chi connectivity index (χ2n) is 5.38. The largest absolute Gasteiger partial charge is 0.493 e. The van der Waals surface area contributed by atoms with Gasteiger partial charge < -0.3 is 14.8 Å². The lowest BCUT2D eigenvalue weighted by Gasteiger charge is -2.13. The minimum absolute atomic E-state index is 0.0571. The van der Waals surface area contributed by atoms with E-state index in [1.54, 1.807) is 31.4 Å². The maximum atomic E-state index is 12.0. The molecule has 126 valence electrons. The molecule has 0 fully saturated rings.